The number of likely N-dealkylation sites (N-methyl/N-ethyl adjacent to an activating group) is 2. The van der Waals surface area contributed by atoms with E-state index in [1.54, 1.807) is 6.07 Å². The van der Waals surface area contributed by atoms with Crippen molar-refractivity contribution in [2.24, 2.45) is 23.7 Å². The SMILES string of the molecule is C=CC(=O)N1C[C@H]2C[C@@H](C1)C2Oc1cc2c(Nc3ccc(Cl)c(Cl)c3F)ncnc2cc1OCCN(C)C.CN(C)CCOc1cc2ncnc(Nc3ccc(Cl)c(Cl)c3F)c2cc1OC1[C@@H]2CNC[C@H]1C2. The van der Waals surface area contributed by atoms with Crippen molar-refractivity contribution in [3.8, 4) is 23.0 Å². The van der Waals surface area contributed by atoms with E-state index in [-0.39, 0.29) is 61.4 Å². The highest BCUT2D eigenvalue weighted by Gasteiger charge is 2.50. The number of amides is 1. The number of aromatic nitrogens is 4. The summed E-state index contributed by atoms with van der Waals surface area (Å²) in [6, 6.07) is 13.4. The van der Waals surface area contributed by atoms with Crippen LogP contribution in [0.2, 0.25) is 20.1 Å². The number of rotatable bonds is 17. The predicted octanol–water partition coefficient (Wildman–Crippen LogP) is 9.92. The number of fused-ring (bicyclic) bond motifs is 6. The normalized spacial score (nSPS) is 20.8. The third-order valence-corrected chi connectivity index (χ3v) is 14.9. The summed E-state index contributed by atoms with van der Waals surface area (Å²) in [7, 11) is 7.94. The molecule has 0 radical (unpaired) electrons. The number of ether oxygens (including phenoxy) is 4. The van der Waals surface area contributed by atoms with Gasteiger partial charge in [-0.15, -0.1) is 0 Å². The van der Waals surface area contributed by atoms with E-state index in [4.69, 9.17) is 65.4 Å². The molecule has 3 N–H and O–H groups in total. The topological polar surface area (TPSA) is 151 Å². The van der Waals surface area contributed by atoms with E-state index in [1.165, 1.54) is 49.4 Å². The van der Waals surface area contributed by atoms with E-state index >= 15 is 0 Å². The molecule has 5 aliphatic rings. The maximum Gasteiger partial charge on any atom is 0.245 e. The molecule has 380 valence electrons. The highest BCUT2D eigenvalue weighted by atomic mass is 35.5. The Labute approximate surface area is 436 Å². The van der Waals surface area contributed by atoms with Crippen LogP contribution >= 0.6 is 46.4 Å². The Morgan fingerprint density at radius 2 is 1.14 bits per heavy atom. The largest absolute Gasteiger partial charge is 0.488 e. The molecule has 5 fully saturated rings. The van der Waals surface area contributed by atoms with Gasteiger partial charge < -0.3 is 49.6 Å². The molecule has 3 saturated heterocycles. The van der Waals surface area contributed by atoms with Crippen molar-refractivity contribution in [1.82, 2.24) is 40.0 Å². The Hall–Kier alpha value is -5.53. The van der Waals surface area contributed by atoms with Crippen molar-refractivity contribution in [2.75, 3.05) is 91.3 Å². The third-order valence-electron chi connectivity index (χ3n) is 13.4. The van der Waals surface area contributed by atoms with Crippen molar-refractivity contribution in [3.63, 3.8) is 0 Å². The third kappa shape index (κ3) is 11.2. The summed E-state index contributed by atoms with van der Waals surface area (Å²) in [5.41, 5.74) is 1.56. The zero-order valence-electron chi connectivity index (χ0n) is 40.0. The van der Waals surface area contributed by atoms with Gasteiger partial charge in [0.05, 0.1) is 42.5 Å². The number of benzene rings is 4. The molecule has 6 atom stereocenters. The first-order valence-corrected chi connectivity index (χ1v) is 25.1. The van der Waals surface area contributed by atoms with E-state index in [9.17, 15) is 13.6 Å². The minimum absolute atomic E-state index is 0.0499. The van der Waals surface area contributed by atoms with Gasteiger partial charge in [0.2, 0.25) is 5.91 Å². The van der Waals surface area contributed by atoms with Crippen LogP contribution in [0.5, 0.6) is 23.0 Å². The molecular weight excluding hydrogens is 1010 g/mol. The van der Waals surface area contributed by atoms with Gasteiger partial charge in [-0.3, -0.25) is 4.79 Å². The molecule has 2 unspecified atom stereocenters. The molecule has 0 spiro atoms. The van der Waals surface area contributed by atoms with Gasteiger partial charge in [-0.05, 0) is 83.5 Å². The highest BCUT2D eigenvalue weighted by molar-refractivity contribution is 6.42. The van der Waals surface area contributed by atoms with E-state index in [2.05, 4.69) is 47.4 Å². The van der Waals surface area contributed by atoms with Crippen LogP contribution in [0.1, 0.15) is 12.8 Å². The fourth-order valence-corrected chi connectivity index (χ4v) is 10.1. The Morgan fingerprint density at radius 3 is 1.57 bits per heavy atom. The fraction of sp³-hybridized carbons (Fsp3) is 0.392. The number of carbonyl (C=O) groups excluding carboxylic acids is 1. The summed E-state index contributed by atoms with van der Waals surface area (Å²) in [5.74, 6) is 3.24. The summed E-state index contributed by atoms with van der Waals surface area (Å²) in [6.07, 6.45) is 6.44. The molecule has 15 nitrogen and oxygen atoms in total. The first-order valence-electron chi connectivity index (χ1n) is 23.5. The number of carbonyl (C=O) groups is 1. The van der Waals surface area contributed by atoms with Crippen molar-refractivity contribution < 1.29 is 32.5 Å². The Morgan fingerprint density at radius 1 is 0.694 bits per heavy atom. The van der Waals surface area contributed by atoms with Crippen LogP contribution in [0.25, 0.3) is 21.8 Å². The van der Waals surface area contributed by atoms with E-state index in [0.717, 1.165) is 32.6 Å². The first kappa shape index (κ1) is 51.4. The molecule has 4 aromatic carbocycles. The van der Waals surface area contributed by atoms with Gasteiger partial charge in [0.1, 0.15) is 49.7 Å². The van der Waals surface area contributed by atoms with Crippen LogP contribution < -0.4 is 34.9 Å². The zero-order valence-corrected chi connectivity index (χ0v) is 43.1. The molecule has 3 aliphatic heterocycles. The van der Waals surface area contributed by atoms with Crippen LogP contribution in [-0.2, 0) is 4.79 Å². The monoisotopic (exact) mass is 1060 g/mol. The summed E-state index contributed by atoms with van der Waals surface area (Å²) in [5, 5.41) is 10.7. The van der Waals surface area contributed by atoms with Gasteiger partial charge in [0.25, 0.3) is 0 Å². The molecule has 2 saturated carbocycles. The molecule has 6 aromatic rings. The summed E-state index contributed by atoms with van der Waals surface area (Å²) < 4.78 is 54.7. The fourth-order valence-electron chi connectivity index (χ4n) is 9.44. The Kier molecular flexibility index (Phi) is 15.9. The van der Waals surface area contributed by atoms with Crippen molar-refractivity contribution in [2.45, 2.75) is 25.0 Å². The maximum absolute atomic E-state index is 14.8. The number of hydrogen-bond acceptors (Lipinski definition) is 14. The molecule has 11 rings (SSSR count). The number of hydrogen-bond donors (Lipinski definition) is 3. The van der Waals surface area contributed by atoms with Gasteiger partial charge in [-0.1, -0.05) is 53.0 Å². The summed E-state index contributed by atoms with van der Waals surface area (Å²) >= 11 is 23.9. The lowest BCUT2D eigenvalue weighted by Crippen LogP contribution is -2.61. The van der Waals surface area contributed by atoms with Gasteiger partial charge in [0.15, 0.2) is 34.6 Å². The van der Waals surface area contributed by atoms with Crippen LogP contribution in [0, 0.1) is 35.3 Å². The molecule has 5 heterocycles. The van der Waals surface area contributed by atoms with Gasteiger partial charge >= 0.3 is 0 Å². The molecular formula is C51H54Cl4F2N10O5. The predicted molar refractivity (Wildman–Crippen MR) is 278 cm³/mol. The standard InChI is InChI=1S/C27H28Cl2FN5O3.C24H26Cl2FN5O2/c1-4-23(36)35-12-15-9-16(13-35)26(15)38-22-10-17-20(11-21(22)37-8-7-34(2)3)31-14-32-27(17)33-19-6-5-18(28)24(29)25(19)30;1-32(2)5-6-33-19-9-18-15(8-20(19)34-23-13-7-14(23)11-28-10-13)24(30-12-29-18)31-17-4-3-16(25)21(26)22(17)27/h4-6,10-11,14-16,26H,1,7-9,12-13H2,2-3H3,(H,31,32,33);3-4,8-9,12-14,23,28H,5-7,10-11H2,1-2H3,(H,29,30,31)/t15-,16+,26?;13-,14+,23?. The van der Waals surface area contributed by atoms with Gasteiger partial charge in [-0.2, -0.15) is 0 Å². The van der Waals surface area contributed by atoms with Crippen LogP contribution in [0.3, 0.4) is 0 Å². The summed E-state index contributed by atoms with van der Waals surface area (Å²) in [4.78, 5) is 35.5. The molecule has 21 heteroatoms. The van der Waals surface area contributed by atoms with Gasteiger partial charge in [0, 0.05) is 85.8 Å². The second kappa shape index (κ2) is 22.3. The Bertz CT molecular complexity index is 2970. The average Bonchev–Trinajstić information content (AvgIpc) is 3.37. The first-order chi connectivity index (χ1) is 34.6. The van der Waals surface area contributed by atoms with Crippen molar-refractivity contribution >= 4 is 97.1 Å². The minimum Gasteiger partial charge on any atom is -0.488 e. The van der Waals surface area contributed by atoms with Crippen molar-refractivity contribution in [3.05, 3.63) is 106 Å². The number of anilines is 4. The van der Waals surface area contributed by atoms with Crippen LogP contribution in [0.15, 0.2) is 73.8 Å². The summed E-state index contributed by atoms with van der Waals surface area (Å²) in [6.45, 7) is 9.22. The van der Waals surface area contributed by atoms with Gasteiger partial charge in [-0.25, -0.2) is 28.7 Å². The zero-order chi connectivity index (χ0) is 50.8. The quantitative estimate of drug-likeness (QED) is 0.0587. The number of nitrogens with one attached hydrogen (secondary N) is 3. The molecule has 72 heavy (non-hydrogen) atoms. The minimum atomic E-state index is -0.674. The molecule has 2 aliphatic carbocycles. The second-order valence-corrected chi connectivity index (χ2v) is 20.4. The number of nitrogens with zero attached hydrogens (tertiary/aromatic N) is 7. The van der Waals surface area contributed by atoms with E-state index < -0.39 is 11.6 Å². The lowest BCUT2D eigenvalue weighted by Gasteiger charge is -2.52. The second-order valence-electron chi connectivity index (χ2n) is 18.9. The van der Waals surface area contributed by atoms with E-state index in [1.807, 2.05) is 56.2 Å². The Balaban J connectivity index is 0.000000179. The highest BCUT2D eigenvalue weighted by Crippen LogP contribution is 2.47. The van der Waals surface area contributed by atoms with Crippen LogP contribution in [0.4, 0.5) is 31.8 Å². The van der Waals surface area contributed by atoms with E-state index in [0.29, 0.717) is 94.6 Å². The molecule has 2 aromatic heterocycles. The maximum atomic E-state index is 14.8. The number of piperidine rings is 4. The lowest BCUT2D eigenvalue weighted by molar-refractivity contribution is -0.142. The average molecular weight is 1070 g/mol. The lowest BCUT2D eigenvalue weighted by atomic mass is 9.68. The van der Waals surface area contributed by atoms with Crippen LogP contribution in [-0.4, -0.2) is 133 Å². The molecule has 1 amide bonds. The molecule has 4 bridgehead atoms. The van der Waals surface area contributed by atoms with Crippen molar-refractivity contribution in [1.29, 1.82) is 0 Å². The number of halogens is 6. The smallest absolute Gasteiger partial charge is 0.245 e.